The summed E-state index contributed by atoms with van der Waals surface area (Å²) in [6, 6.07) is 7.42. The summed E-state index contributed by atoms with van der Waals surface area (Å²) in [6.45, 7) is 4.45. The van der Waals surface area contributed by atoms with Gasteiger partial charge < -0.3 is 15.0 Å². The largest absolute Gasteiger partial charge is 0.436 e. The minimum Gasteiger partial charge on any atom is -0.436 e. The quantitative estimate of drug-likeness (QED) is 0.616. The first-order valence-corrected chi connectivity index (χ1v) is 11.4. The van der Waals surface area contributed by atoms with Crippen molar-refractivity contribution in [3.05, 3.63) is 41.0 Å². The number of rotatable bonds is 8. The molecule has 0 aliphatic carbocycles. The van der Waals surface area contributed by atoms with Crippen molar-refractivity contribution in [2.45, 2.75) is 38.7 Å². The van der Waals surface area contributed by atoms with E-state index in [-0.39, 0.29) is 5.91 Å². The van der Waals surface area contributed by atoms with Gasteiger partial charge in [-0.1, -0.05) is 24.9 Å². The molecule has 2 amide bonds. The third-order valence-corrected chi connectivity index (χ3v) is 6.25. The van der Waals surface area contributed by atoms with Crippen LogP contribution in [0.25, 0.3) is 0 Å². The van der Waals surface area contributed by atoms with Crippen LogP contribution in [0.15, 0.2) is 36.7 Å². The Morgan fingerprint density at radius 3 is 2.63 bits per heavy atom. The molecule has 1 fully saturated rings. The Hall–Kier alpha value is -2.32. The molecule has 0 radical (unpaired) electrons. The first-order chi connectivity index (χ1) is 14.5. The monoisotopic (exact) mass is 450 g/mol. The molecule has 9 heteroatoms. The van der Waals surface area contributed by atoms with Crippen LogP contribution in [0.2, 0.25) is 4.34 Å². The lowest BCUT2D eigenvalue weighted by Crippen LogP contribution is -2.43. The van der Waals surface area contributed by atoms with E-state index in [1.54, 1.807) is 24.5 Å². The number of anilines is 2. The predicted molar refractivity (Wildman–Crippen MR) is 120 cm³/mol. The van der Waals surface area contributed by atoms with Crippen molar-refractivity contribution in [3.63, 3.8) is 0 Å². The van der Waals surface area contributed by atoms with Gasteiger partial charge in [-0.15, -0.1) is 11.3 Å². The molecule has 0 aromatic carbocycles. The molecule has 30 heavy (non-hydrogen) atoms. The molecule has 3 heterocycles. The van der Waals surface area contributed by atoms with Gasteiger partial charge in [-0.3, -0.25) is 15.1 Å². The average Bonchev–Trinajstić information content (AvgIpc) is 3.17. The highest BCUT2D eigenvalue weighted by atomic mass is 35.5. The van der Waals surface area contributed by atoms with Gasteiger partial charge in [-0.05, 0) is 49.4 Å². The number of aromatic nitrogens is 1. The molecule has 1 aliphatic rings. The van der Waals surface area contributed by atoms with Crippen molar-refractivity contribution in [2.75, 3.05) is 29.9 Å². The zero-order valence-corrected chi connectivity index (χ0v) is 18.5. The lowest BCUT2D eigenvalue weighted by molar-refractivity contribution is -0.129. The number of carbonyl (C=O) groups is 2. The maximum atomic E-state index is 12.6. The summed E-state index contributed by atoms with van der Waals surface area (Å²) in [5, 5.41) is 6.17. The van der Waals surface area contributed by atoms with Crippen molar-refractivity contribution < 1.29 is 14.3 Å². The van der Waals surface area contributed by atoms with Gasteiger partial charge in [0.05, 0.1) is 9.34 Å². The fourth-order valence-corrected chi connectivity index (χ4v) is 4.38. The SMILES string of the molecule is CCC[C@@H](OC(=O)Nc1ccc(Cl)s1)C(=O)NCC1CCN(c2ccncc2)CC1. The minimum absolute atomic E-state index is 0.243. The van der Waals surface area contributed by atoms with Crippen molar-refractivity contribution in [2.24, 2.45) is 5.92 Å². The molecule has 2 aromatic heterocycles. The van der Waals surface area contributed by atoms with E-state index in [0.717, 1.165) is 32.4 Å². The molecule has 0 bridgehead atoms. The number of hydrogen-bond acceptors (Lipinski definition) is 6. The number of nitrogens with one attached hydrogen (secondary N) is 2. The van der Waals surface area contributed by atoms with E-state index in [1.165, 1.54) is 17.0 Å². The lowest BCUT2D eigenvalue weighted by Gasteiger charge is -2.33. The summed E-state index contributed by atoms with van der Waals surface area (Å²) in [4.78, 5) is 31.1. The Labute approximate surface area is 185 Å². The van der Waals surface area contributed by atoms with Crippen molar-refractivity contribution in [1.82, 2.24) is 10.3 Å². The molecule has 162 valence electrons. The summed E-state index contributed by atoms with van der Waals surface area (Å²) in [6.07, 6.45) is 5.38. The number of ether oxygens (including phenoxy) is 1. The van der Waals surface area contributed by atoms with Crippen LogP contribution in [-0.2, 0) is 9.53 Å². The highest BCUT2D eigenvalue weighted by molar-refractivity contribution is 7.20. The molecule has 0 spiro atoms. The Kier molecular flexibility index (Phi) is 8.33. The van der Waals surface area contributed by atoms with Gasteiger partial charge in [-0.25, -0.2) is 4.79 Å². The maximum Gasteiger partial charge on any atom is 0.413 e. The van der Waals surface area contributed by atoms with Gasteiger partial charge in [0.25, 0.3) is 5.91 Å². The fraction of sp³-hybridized carbons (Fsp3) is 0.476. The Morgan fingerprint density at radius 2 is 2.00 bits per heavy atom. The zero-order chi connectivity index (χ0) is 21.3. The molecule has 0 unspecified atom stereocenters. The second kappa shape index (κ2) is 11.2. The van der Waals surface area contributed by atoms with Gasteiger partial charge in [0.1, 0.15) is 0 Å². The fourth-order valence-electron chi connectivity index (χ4n) is 3.46. The molecule has 1 atom stereocenters. The summed E-state index contributed by atoms with van der Waals surface area (Å²) in [5.74, 6) is 0.171. The van der Waals surface area contributed by atoms with Crippen molar-refractivity contribution in [3.8, 4) is 0 Å². The molecule has 1 saturated heterocycles. The van der Waals surface area contributed by atoms with Crippen LogP contribution in [-0.4, -0.2) is 42.7 Å². The van der Waals surface area contributed by atoms with Crippen LogP contribution in [0, 0.1) is 5.92 Å². The van der Waals surface area contributed by atoms with Crippen LogP contribution in [0.4, 0.5) is 15.5 Å². The molecular formula is C21H27ClN4O3S. The van der Waals surface area contributed by atoms with E-state index in [0.29, 0.717) is 28.2 Å². The van der Waals surface area contributed by atoms with E-state index in [9.17, 15) is 9.59 Å². The summed E-state index contributed by atoms with van der Waals surface area (Å²) in [7, 11) is 0. The number of halogens is 1. The van der Waals surface area contributed by atoms with E-state index < -0.39 is 12.2 Å². The third kappa shape index (κ3) is 6.60. The molecule has 2 N–H and O–H groups in total. The number of pyridine rings is 1. The summed E-state index contributed by atoms with van der Waals surface area (Å²) >= 11 is 7.10. The second-order valence-electron chi connectivity index (χ2n) is 7.29. The summed E-state index contributed by atoms with van der Waals surface area (Å²) in [5.41, 5.74) is 1.18. The number of amides is 2. The average molecular weight is 451 g/mol. The van der Waals surface area contributed by atoms with Crippen LogP contribution >= 0.6 is 22.9 Å². The molecule has 2 aromatic rings. The minimum atomic E-state index is -0.803. The van der Waals surface area contributed by atoms with E-state index in [1.807, 2.05) is 19.1 Å². The maximum absolute atomic E-state index is 12.6. The van der Waals surface area contributed by atoms with Gasteiger partial charge in [0, 0.05) is 37.7 Å². The van der Waals surface area contributed by atoms with Gasteiger partial charge in [0.15, 0.2) is 6.10 Å². The first-order valence-electron chi connectivity index (χ1n) is 10.2. The number of carbonyl (C=O) groups excluding carboxylic acids is 2. The van der Waals surface area contributed by atoms with Crippen LogP contribution < -0.4 is 15.5 Å². The van der Waals surface area contributed by atoms with E-state index in [2.05, 4.69) is 20.5 Å². The van der Waals surface area contributed by atoms with Gasteiger partial charge in [-0.2, -0.15) is 0 Å². The Morgan fingerprint density at radius 1 is 1.27 bits per heavy atom. The molecule has 0 saturated carbocycles. The smallest absolute Gasteiger partial charge is 0.413 e. The molecule has 3 rings (SSSR count). The number of thiophene rings is 1. The van der Waals surface area contributed by atoms with Crippen LogP contribution in [0.5, 0.6) is 0 Å². The van der Waals surface area contributed by atoms with Gasteiger partial charge in [0.2, 0.25) is 0 Å². The predicted octanol–water partition coefficient (Wildman–Crippen LogP) is 4.55. The number of piperidine rings is 1. The van der Waals surface area contributed by atoms with Crippen molar-refractivity contribution in [1.29, 1.82) is 0 Å². The highest BCUT2D eigenvalue weighted by Gasteiger charge is 2.25. The van der Waals surface area contributed by atoms with E-state index in [4.69, 9.17) is 16.3 Å². The topological polar surface area (TPSA) is 83.6 Å². The lowest BCUT2D eigenvalue weighted by atomic mass is 9.96. The highest BCUT2D eigenvalue weighted by Crippen LogP contribution is 2.26. The standard InChI is InChI=1S/C21H27ClN4O3S/c1-2-3-17(29-21(28)25-19-5-4-18(22)30-19)20(27)24-14-15-8-12-26(13-9-15)16-6-10-23-11-7-16/h4-7,10-11,15,17H,2-3,8-9,12-14H2,1H3,(H,24,27)(H,25,28)/t17-/m1/s1. The zero-order valence-electron chi connectivity index (χ0n) is 17.0. The Bertz CT molecular complexity index is 825. The van der Waals surface area contributed by atoms with Crippen molar-refractivity contribution >= 4 is 45.6 Å². The Balaban J connectivity index is 1.43. The van der Waals surface area contributed by atoms with Crippen LogP contribution in [0.1, 0.15) is 32.6 Å². The van der Waals surface area contributed by atoms with Gasteiger partial charge >= 0.3 is 6.09 Å². The third-order valence-electron chi connectivity index (χ3n) is 5.10. The first kappa shape index (κ1) is 22.4. The summed E-state index contributed by atoms with van der Waals surface area (Å²) < 4.78 is 5.94. The molecule has 1 aliphatic heterocycles. The molecule has 7 nitrogen and oxygen atoms in total. The normalized spacial score (nSPS) is 15.5. The molecular weight excluding hydrogens is 424 g/mol. The number of hydrogen-bond donors (Lipinski definition) is 2. The van der Waals surface area contributed by atoms with Crippen LogP contribution in [0.3, 0.4) is 0 Å². The second-order valence-corrected chi connectivity index (χ2v) is 9.01. The van der Waals surface area contributed by atoms with E-state index >= 15 is 0 Å². The number of nitrogens with zero attached hydrogens (tertiary/aromatic N) is 2.